The van der Waals surface area contributed by atoms with Gasteiger partial charge >= 0.3 is 0 Å². The number of nitrogens with one attached hydrogen (secondary N) is 3. The third-order valence-electron chi connectivity index (χ3n) is 4.56. The monoisotopic (exact) mass is 497 g/mol. The Hall–Kier alpha value is -1.61. The van der Waals surface area contributed by atoms with E-state index in [1.165, 1.54) is 27.0 Å². The zero-order chi connectivity index (χ0) is 18.5. The molecule has 146 valence electrons. The number of para-hydroxylation sites is 1. The fourth-order valence-corrected chi connectivity index (χ4v) is 4.22. The van der Waals surface area contributed by atoms with Crippen LogP contribution in [-0.2, 0) is 12.8 Å². The molecule has 0 atom stereocenters. The number of aromatic amines is 1. The van der Waals surface area contributed by atoms with E-state index in [9.17, 15) is 0 Å². The number of halogens is 1. The van der Waals surface area contributed by atoms with Crippen LogP contribution in [0.3, 0.4) is 0 Å². The zero-order valence-corrected chi connectivity index (χ0v) is 19.5. The van der Waals surface area contributed by atoms with Crippen molar-refractivity contribution < 1.29 is 0 Å². The van der Waals surface area contributed by atoms with E-state index in [-0.39, 0.29) is 24.0 Å². The summed E-state index contributed by atoms with van der Waals surface area (Å²) in [7, 11) is 1.81. The van der Waals surface area contributed by atoms with Gasteiger partial charge in [-0.3, -0.25) is 4.99 Å². The van der Waals surface area contributed by atoms with Gasteiger partial charge in [0.05, 0.1) is 10.7 Å². The number of H-pyrrole nitrogens is 1. The van der Waals surface area contributed by atoms with Gasteiger partial charge in [0.2, 0.25) is 0 Å². The van der Waals surface area contributed by atoms with E-state index in [2.05, 4.69) is 70.6 Å². The number of fused-ring (bicyclic) bond motifs is 1. The zero-order valence-electron chi connectivity index (χ0n) is 16.3. The molecule has 0 radical (unpaired) electrons. The average molecular weight is 497 g/mol. The Bertz CT molecular complexity index is 912. The van der Waals surface area contributed by atoms with Crippen molar-refractivity contribution in [2.24, 2.45) is 4.99 Å². The summed E-state index contributed by atoms with van der Waals surface area (Å²) in [5.74, 6) is 0.849. The van der Waals surface area contributed by atoms with E-state index >= 15 is 0 Å². The number of aryl methyl sites for hydroxylation is 3. The maximum atomic E-state index is 4.48. The SMILES string of the molecule is CN=C(NCCc1sc(C)nc1C)NCCc1c(C)[nH]c2ccccc12.I. The van der Waals surface area contributed by atoms with Gasteiger partial charge in [0.25, 0.3) is 0 Å². The normalized spacial score (nSPS) is 11.5. The number of aliphatic imine (C=N–C) groups is 1. The van der Waals surface area contributed by atoms with Crippen LogP contribution in [0.4, 0.5) is 0 Å². The Morgan fingerprint density at radius 1 is 1.11 bits per heavy atom. The molecule has 0 amide bonds. The van der Waals surface area contributed by atoms with Gasteiger partial charge in [0, 0.05) is 48.0 Å². The first-order valence-electron chi connectivity index (χ1n) is 9.02. The average Bonchev–Trinajstić information content (AvgIpc) is 3.11. The first kappa shape index (κ1) is 21.7. The molecule has 3 N–H and O–H groups in total. The number of guanidine groups is 1. The number of benzene rings is 1. The van der Waals surface area contributed by atoms with Crippen molar-refractivity contribution in [3.63, 3.8) is 0 Å². The van der Waals surface area contributed by atoms with Gasteiger partial charge in [0.1, 0.15) is 0 Å². The lowest BCUT2D eigenvalue weighted by Gasteiger charge is -2.12. The van der Waals surface area contributed by atoms with E-state index in [0.29, 0.717) is 0 Å². The Balaban J connectivity index is 0.00000261. The quantitative estimate of drug-likeness (QED) is 0.273. The predicted molar refractivity (Wildman–Crippen MR) is 127 cm³/mol. The van der Waals surface area contributed by atoms with Gasteiger partial charge in [-0.1, -0.05) is 18.2 Å². The molecule has 0 aliphatic carbocycles. The number of hydrogen-bond donors (Lipinski definition) is 3. The Kier molecular flexibility index (Phi) is 8.09. The maximum Gasteiger partial charge on any atom is 0.190 e. The molecule has 0 bridgehead atoms. The van der Waals surface area contributed by atoms with Crippen LogP contribution in [-0.4, -0.2) is 36.1 Å². The van der Waals surface area contributed by atoms with E-state index in [0.717, 1.165) is 42.6 Å². The standard InChI is InChI=1S/C20H27N5S.HI/c1-13-16(17-7-5-6-8-18(17)25-13)9-11-22-20(21-4)23-12-10-19-14(2)24-15(3)26-19;/h5-8,25H,9-12H2,1-4H3,(H2,21,22,23);1H. The highest BCUT2D eigenvalue weighted by Gasteiger charge is 2.08. The molecule has 2 aromatic heterocycles. The number of nitrogens with zero attached hydrogens (tertiary/aromatic N) is 2. The van der Waals surface area contributed by atoms with Crippen molar-refractivity contribution in [3.05, 3.63) is 51.1 Å². The molecule has 1 aromatic carbocycles. The maximum absolute atomic E-state index is 4.48. The number of rotatable bonds is 6. The Morgan fingerprint density at radius 3 is 2.48 bits per heavy atom. The smallest absolute Gasteiger partial charge is 0.190 e. The number of thiazole rings is 1. The molecule has 0 aliphatic heterocycles. The van der Waals surface area contributed by atoms with Crippen LogP contribution in [0, 0.1) is 20.8 Å². The highest BCUT2D eigenvalue weighted by atomic mass is 127. The van der Waals surface area contributed by atoms with Gasteiger partial charge in [-0.25, -0.2) is 4.98 Å². The molecule has 27 heavy (non-hydrogen) atoms. The van der Waals surface area contributed by atoms with Crippen LogP contribution in [0.25, 0.3) is 10.9 Å². The van der Waals surface area contributed by atoms with Crippen LogP contribution < -0.4 is 10.6 Å². The molecule has 2 heterocycles. The van der Waals surface area contributed by atoms with Crippen LogP contribution >= 0.6 is 35.3 Å². The Morgan fingerprint density at radius 2 is 1.81 bits per heavy atom. The second-order valence-corrected chi connectivity index (χ2v) is 7.73. The van der Waals surface area contributed by atoms with Crippen LogP contribution in [0.15, 0.2) is 29.3 Å². The highest BCUT2D eigenvalue weighted by molar-refractivity contribution is 14.0. The first-order chi connectivity index (χ1) is 12.6. The van der Waals surface area contributed by atoms with Crippen molar-refractivity contribution >= 4 is 52.2 Å². The molecular weight excluding hydrogens is 469 g/mol. The Labute approximate surface area is 182 Å². The summed E-state index contributed by atoms with van der Waals surface area (Å²) >= 11 is 1.78. The van der Waals surface area contributed by atoms with Gasteiger partial charge in [-0.15, -0.1) is 35.3 Å². The van der Waals surface area contributed by atoms with E-state index in [1.807, 2.05) is 7.05 Å². The minimum absolute atomic E-state index is 0. The topological polar surface area (TPSA) is 65.1 Å². The van der Waals surface area contributed by atoms with Crippen molar-refractivity contribution in [2.75, 3.05) is 20.1 Å². The molecule has 7 heteroatoms. The van der Waals surface area contributed by atoms with Crippen molar-refractivity contribution in [1.29, 1.82) is 0 Å². The molecular formula is C20H28IN5S. The summed E-state index contributed by atoms with van der Waals surface area (Å²) in [5.41, 5.74) is 4.97. The second kappa shape index (κ2) is 10.1. The lowest BCUT2D eigenvalue weighted by Crippen LogP contribution is -2.39. The minimum Gasteiger partial charge on any atom is -0.358 e. The summed E-state index contributed by atoms with van der Waals surface area (Å²) in [4.78, 5) is 13.6. The van der Waals surface area contributed by atoms with Crippen molar-refractivity contribution in [3.8, 4) is 0 Å². The fraction of sp³-hybridized carbons (Fsp3) is 0.400. The minimum atomic E-state index is 0. The lowest BCUT2D eigenvalue weighted by atomic mass is 10.1. The first-order valence-corrected chi connectivity index (χ1v) is 9.83. The van der Waals surface area contributed by atoms with Crippen LogP contribution in [0.5, 0.6) is 0 Å². The van der Waals surface area contributed by atoms with Gasteiger partial charge in [-0.2, -0.15) is 0 Å². The molecule has 0 spiro atoms. The van der Waals surface area contributed by atoms with Crippen LogP contribution in [0.2, 0.25) is 0 Å². The molecule has 0 unspecified atom stereocenters. The summed E-state index contributed by atoms with van der Waals surface area (Å²) in [6.45, 7) is 7.98. The van der Waals surface area contributed by atoms with Gasteiger partial charge in [-0.05, 0) is 38.8 Å². The van der Waals surface area contributed by atoms with E-state index in [4.69, 9.17) is 0 Å². The molecule has 0 fully saturated rings. The van der Waals surface area contributed by atoms with Crippen LogP contribution in [0.1, 0.15) is 26.8 Å². The number of aromatic nitrogens is 2. The molecule has 0 aliphatic rings. The summed E-state index contributed by atoms with van der Waals surface area (Å²) in [6.07, 6.45) is 1.93. The predicted octanol–water partition coefficient (Wildman–Crippen LogP) is 4.12. The molecule has 0 saturated carbocycles. The summed E-state index contributed by atoms with van der Waals surface area (Å²) in [6, 6.07) is 8.47. The molecule has 3 rings (SSSR count). The van der Waals surface area contributed by atoms with Gasteiger partial charge < -0.3 is 15.6 Å². The highest BCUT2D eigenvalue weighted by Crippen LogP contribution is 2.22. The summed E-state index contributed by atoms with van der Waals surface area (Å²) in [5, 5.41) is 9.26. The molecule has 3 aromatic rings. The third-order valence-corrected chi connectivity index (χ3v) is 5.69. The van der Waals surface area contributed by atoms with Crippen molar-refractivity contribution in [2.45, 2.75) is 33.6 Å². The third kappa shape index (κ3) is 5.44. The van der Waals surface area contributed by atoms with Crippen molar-refractivity contribution in [1.82, 2.24) is 20.6 Å². The number of hydrogen-bond acceptors (Lipinski definition) is 3. The van der Waals surface area contributed by atoms with E-state index < -0.39 is 0 Å². The summed E-state index contributed by atoms with van der Waals surface area (Å²) < 4.78 is 0. The lowest BCUT2D eigenvalue weighted by molar-refractivity contribution is 0.785. The second-order valence-electron chi connectivity index (χ2n) is 6.44. The van der Waals surface area contributed by atoms with Gasteiger partial charge in [0.15, 0.2) is 5.96 Å². The fourth-order valence-electron chi connectivity index (χ4n) is 3.28. The molecule has 5 nitrogen and oxygen atoms in total. The van der Waals surface area contributed by atoms with E-state index in [1.54, 1.807) is 11.3 Å². The largest absolute Gasteiger partial charge is 0.358 e. The molecule has 0 saturated heterocycles.